The summed E-state index contributed by atoms with van der Waals surface area (Å²) in [6, 6.07) is 13.1. The summed E-state index contributed by atoms with van der Waals surface area (Å²) >= 11 is 13.5. The molecule has 0 aromatic heterocycles. The predicted octanol–water partition coefficient (Wildman–Crippen LogP) is 5.17. The highest BCUT2D eigenvalue weighted by Crippen LogP contribution is 2.22. The summed E-state index contributed by atoms with van der Waals surface area (Å²) in [5.41, 5.74) is 2.78. The first-order chi connectivity index (χ1) is 10.1. The molecule has 21 heavy (non-hydrogen) atoms. The molecule has 0 fully saturated rings. The van der Waals surface area contributed by atoms with Gasteiger partial charge in [0.25, 0.3) is 0 Å². The molecule has 2 aromatic rings. The molecule has 2 nitrogen and oxygen atoms in total. The third kappa shape index (κ3) is 4.95. The molecule has 0 atom stereocenters. The molecule has 110 valence electrons. The number of anilines is 1. The number of amides is 1. The first kappa shape index (κ1) is 16.2. The van der Waals surface area contributed by atoms with Crippen LogP contribution >= 0.6 is 35.0 Å². The van der Waals surface area contributed by atoms with Gasteiger partial charge in [0, 0.05) is 21.5 Å². The smallest absolute Gasteiger partial charge is 0.234 e. The quantitative estimate of drug-likeness (QED) is 0.813. The zero-order chi connectivity index (χ0) is 15.2. The third-order valence-electron chi connectivity index (χ3n) is 2.92. The number of thioether (sulfide) groups is 1. The molecule has 0 radical (unpaired) electrons. The highest BCUT2D eigenvalue weighted by molar-refractivity contribution is 7.99. The molecule has 0 saturated heterocycles. The molecule has 0 bridgehead atoms. The lowest BCUT2D eigenvalue weighted by molar-refractivity contribution is -0.113. The van der Waals surface area contributed by atoms with Crippen LogP contribution in [0.25, 0.3) is 0 Å². The molecule has 0 aliphatic heterocycles. The monoisotopic (exact) mass is 339 g/mol. The van der Waals surface area contributed by atoms with E-state index < -0.39 is 0 Å². The lowest BCUT2D eigenvalue weighted by Crippen LogP contribution is -2.15. The highest BCUT2D eigenvalue weighted by Gasteiger charge is 2.07. The van der Waals surface area contributed by atoms with Crippen LogP contribution in [0.15, 0.2) is 42.5 Å². The zero-order valence-corrected chi connectivity index (χ0v) is 13.9. The summed E-state index contributed by atoms with van der Waals surface area (Å²) in [4.78, 5) is 11.9. The Balaban J connectivity index is 1.85. The first-order valence-corrected chi connectivity index (χ1v) is 8.34. The largest absolute Gasteiger partial charge is 0.325 e. The average molecular weight is 340 g/mol. The van der Waals surface area contributed by atoms with E-state index in [1.165, 1.54) is 11.8 Å². The van der Waals surface area contributed by atoms with Crippen LogP contribution in [0.3, 0.4) is 0 Å². The topological polar surface area (TPSA) is 29.1 Å². The minimum Gasteiger partial charge on any atom is -0.325 e. The van der Waals surface area contributed by atoms with Gasteiger partial charge in [0.1, 0.15) is 0 Å². The number of aryl methyl sites for hydroxylation is 1. The second-order valence-corrected chi connectivity index (χ2v) is 6.42. The van der Waals surface area contributed by atoms with Crippen LogP contribution in [-0.4, -0.2) is 11.7 Å². The minimum atomic E-state index is -0.0441. The number of hydrogen-bond donors (Lipinski definition) is 1. The van der Waals surface area contributed by atoms with Gasteiger partial charge in [-0.05, 0) is 36.2 Å². The molecule has 2 aromatic carbocycles. The maximum atomic E-state index is 11.9. The summed E-state index contributed by atoms with van der Waals surface area (Å²) in [7, 11) is 0. The normalized spacial score (nSPS) is 10.4. The fraction of sp³-hybridized carbons (Fsp3) is 0.188. The lowest BCUT2D eigenvalue weighted by Gasteiger charge is -2.09. The molecule has 0 spiro atoms. The Morgan fingerprint density at radius 3 is 2.71 bits per heavy atom. The molecular formula is C16H15Cl2NOS. The van der Waals surface area contributed by atoms with E-state index in [-0.39, 0.29) is 5.91 Å². The van der Waals surface area contributed by atoms with Crippen molar-refractivity contribution in [2.75, 3.05) is 11.1 Å². The van der Waals surface area contributed by atoms with Crippen molar-refractivity contribution >= 4 is 46.6 Å². The molecule has 0 heterocycles. The van der Waals surface area contributed by atoms with Crippen molar-refractivity contribution in [2.24, 2.45) is 0 Å². The van der Waals surface area contributed by atoms with Crippen molar-refractivity contribution in [3.05, 3.63) is 63.6 Å². The zero-order valence-electron chi connectivity index (χ0n) is 11.5. The van der Waals surface area contributed by atoms with Gasteiger partial charge < -0.3 is 5.32 Å². The van der Waals surface area contributed by atoms with Gasteiger partial charge >= 0.3 is 0 Å². The highest BCUT2D eigenvalue weighted by atomic mass is 35.5. The first-order valence-electron chi connectivity index (χ1n) is 6.43. The third-order valence-corrected chi connectivity index (χ3v) is 4.51. The van der Waals surface area contributed by atoms with Crippen LogP contribution < -0.4 is 5.32 Å². The molecule has 1 amide bonds. The second-order valence-electron chi connectivity index (χ2n) is 4.59. The van der Waals surface area contributed by atoms with E-state index in [1.807, 2.05) is 37.3 Å². The van der Waals surface area contributed by atoms with Crippen molar-refractivity contribution in [3.8, 4) is 0 Å². The molecule has 0 saturated carbocycles. The van der Waals surface area contributed by atoms with Crippen molar-refractivity contribution < 1.29 is 4.79 Å². The number of carbonyl (C=O) groups is 1. The number of carbonyl (C=O) groups excluding carboxylic acids is 1. The van der Waals surface area contributed by atoms with Gasteiger partial charge in [-0.1, -0.05) is 47.5 Å². The Morgan fingerprint density at radius 2 is 1.95 bits per heavy atom. The second kappa shape index (κ2) is 7.74. The molecule has 0 unspecified atom stereocenters. The number of nitrogens with one attached hydrogen (secondary N) is 1. The summed E-state index contributed by atoms with van der Waals surface area (Å²) in [5, 5.41) is 4.22. The Kier molecular flexibility index (Phi) is 5.97. The van der Waals surface area contributed by atoms with E-state index in [0.717, 1.165) is 21.8 Å². The molecule has 5 heteroatoms. The van der Waals surface area contributed by atoms with Gasteiger partial charge in [-0.25, -0.2) is 0 Å². The van der Waals surface area contributed by atoms with Crippen LogP contribution in [0.5, 0.6) is 0 Å². The van der Waals surface area contributed by atoms with Crippen molar-refractivity contribution in [1.29, 1.82) is 0 Å². The van der Waals surface area contributed by atoms with Gasteiger partial charge in [0.2, 0.25) is 5.91 Å². The summed E-state index contributed by atoms with van der Waals surface area (Å²) in [6.07, 6.45) is 0. The average Bonchev–Trinajstić information content (AvgIpc) is 2.45. The van der Waals surface area contributed by atoms with Gasteiger partial charge in [-0.2, -0.15) is 0 Å². The van der Waals surface area contributed by atoms with Gasteiger partial charge in [0.05, 0.1) is 5.75 Å². The fourth-order valence-corrected chi connectivity index (χ4v) is 3.07. The molecule has 1 N–H and O–H groups in total. The summed E-state index contributed by atoms with van der Waals surface area (Å²) in [5.74, 6) is 1.04. The molecule has 0 aliphatic carbocycles. The summed E-state index contributed by atoms with van der Waals surface area (Å²) in [6.45, 7) is 1.93. The molecular weight excluding hydrogens is 325 g/mol. The van der Waals surface area contributed by atoms with Crippen LogP contribution in [-0.2, 0) is 10.5 Å². The Morgan fingerprint density at radius 1 is 1.19 bits per heavy atom. The molecule has 0 aliphatic rings. The van der Waals surface area contributed by atoms with Crippen molar-refractivity contribution in [2.45, 2.75) is 12.7 Å². The maximum Gasteiger partial charge on any atom is 0.234 e. The minimum absolute atomic E-state index is 0.0441. The van der Waals surface area contributed by atoms with Gasteiger partial charge in [-0.3, -0.25) is 4.79 Å². The van der Waals surface area contributed by atoms with E-state index in [0.29, 0.717) is 16.5 Å². The van der Waals surface area contributed by atoms with Crippen LogP contribution in [0, 0.1) is 6.92 Å². The van der Waals surface area contributed by atoms with Crippen LogP contribution in [0.2, 0.25) is 10.0 Å². The van der Waals surface area contributed by atoms with Gasteiger partial charge in [-0.15, -0.1) is 11.8 Å². The van der Waals surface area contributed by atoms with E-state index >= 15 is 0 Å². The Labute approximate surface area is 138 Å². The van der Waals surface area contributed by atoms with E-state index in [4.69, 9.17) is 23.2 Å². The number of rotatable bonds is 5. The number of hydrogen-bond acceptors (Lipinski definition) is 2. The summed E-state index contributed by atoms with van der Waals surface area (Å²) < 4.78 is 0. The van der Waals surface area contributed by atoms with Gasteiger partial charge in [0.15, 0.2) is 0 Å². The van der Waals surface area contributed by atoms with Crippen molar-refractivity contribution in [3.63, 3.8) is 0 Å². The predicted molar refractivity (Wildman–Crippen MR) is 92.4 cm³/mol. The number of halogens is 2. The lowest BCUT2D eigenvalue weighted by atomic mass is 10.2. The maximum absolute atomic E-state index is 11.9. The van der Waals surface area contributed by atoms with Crippen LogP contribution in [0.4, 0.5) is 5.69 Å². The van der Waals surface area contributed by atoms with Crippen LogP contribution in [0.1, 0.15) is 11.1 Å². The Bertz CT molecular complexity index is 646. The Hall–Kier alpha value is -1.16. The SMILES string of the molecule is Cc1ccc(Cl)cc1NC(=O)CSCc1ccccc1Cl. The fourth-order valence-electron chi connectivity index (χ4n) is 1.78. The van der Waals surface area contributed by atoms with E-state index in [2.05, 4.69) is 5.32 Å². The number of benzene rings is 2. The van der Waals surface area contributed by atoms with Crippen molar-refractivity contribution in [1.82, 2.24) is 0 Å². The standard InChI is InChI=1S/C16H15Cl2NOS/c1-11-6-7-13(17)8-15(11)19-16(20)10-21-9-12-4-2-3-5-14(12)18/h2-8H,9-10H2,1H3,(H,19,20). The van der Waals surface area contributed by atoms with E-state index in [9.17, 15) is 4.79 Å². The van der Waals surface area contributed by atoms with E-state index in [1.54, 1.807) is 12.1 Å². The molecule has 2 rings (SSSR count).